The van der Waals surface area contributed by atoms with Crippen molar-refractivity contribution in [1.29, 1.82) is 0 Å². The first kappa shape index (κ1) is 13.2. The Morgan fingerprint density at radius 3 is 3.11 bits per heavy atom. The van der Waals surface area contributed by atoms with Crippen LogP contribution in [-0.4, -0.2) is 25.4 Å². The molecule has 1 N–H and O–H groups in total. The molecule has 0 spiro atoms. The summed E-state index contributed by atoms with van der Waals surface area (Å²) in [7, 11) is 0. The van der Waals surface area contributed by atoms with Gasteiger partial charge >= 0.3 is 0 Å². The van der Waals surface area contributed by atoms with Gasteiger partial charge in [-0.3, -0.25) is 0 Å². The van der Waals surface area contributed by atoms with E-state index >= 15 is 0 Å². The Bertz CT molecular complexity index is 464. The number of hydrogen-bond acceptors (Lipinski definition) is 3. The van der Waals surface area contributed by atoms with Crippen molar-refractivity contribution in [2.75, 3.05) is 13.2 Å². The van der Waals surface area contributed by atoms with E-state index in [1.807, 2.05) is 12.1 Å². The maximum Gasteiger partial charge on any atom is 0.127 e. The molecule has 1 fully saturated rings. The number of nitrogens with one attached hydrogen (secondary N) is 1. The second-order valence-corrected chi connectivity index (χ2v) is 5.87. The topological polar surface area (TPSA) is 30.5 Å². The van der Waals surface area contributed by atoms with E-state index < -0.39 is 0 Å². The molecule has 1 aromatic carbocycles. The van der Waals surface area contributed by atoms with Crippen LogP contribution in [0.15, 0.2) is 12.1 Å². The van der Waals surface area contributed by atoms with E-state index in [0.717, 1.165) is 49.8 Å². The summed E-state index contributed by atoms with van der Waals surface area (Å²) >= 11 is 6.17. The minimum absolute atomic E-state index is 0.354. The van der Waals surface area contributed by atoms with E-state index in [1.165, 1.54) is 11.1 Å². The summed E-state index contributed by atoms with van der Waals surface area (Å²) in [6.07, 6.45) is 3.47. The van der Waals surface area contributed by atoms with Crippen LogP contribution in [0.2, 0.25) is 5.02 Å². The summed E-state index contributed by atoms with van der Waals surface area (Å²) in [5.74, 6) is 1.04. The molecule has 0 saturated carbocycles. The summed E-state index contributed by atoms with van der Waals surface area (Å²) in [4.78, 5) is 0. The third kappa shape index (κ3) is 3.04. The predicted octanol–water partition coefficient (Wildman–Crippen LogP) is 2.93. The fourth-order valence-electron chi connectivity index (χ4n) is 2.92. The number of rotatable bonds is 3. The highest BCUT2D eigenvalue weighted by molar-refractivity contribution is 6.30. The van der Waals surface area contributed by atoms with Crippen LogP contribution in [0.3, 0.4) is 0 Å². The summed E-state index contributed by atoms with van der Waals surface area (Å²) < 4.78 is 11.3. The number of ether oxygens (including phenoxy) is 2. The van der Waals surface area contributed by atoms with E-state index in [-0.39, 0.29) is 0 Å². The standard InChI is InChI=1S/C15H20ClNO2/c1-10-6-14(3-5-18-10)17-9-12-8-13(16)7-11-2-4-19-15(11)12/h7-8,10,14,17H,2-6,9H2,1H3/t10-,14+/m1/s1. The van der Waals surface area contributed by atoms with Crippen LogP contribution in [0.1, 0.15) is 30.9 Å². The van der Waals surface area contributed by atoms with Gasteiger partial charge in [-0.15, -0.1) is 0 Å². The first-order valence-corrected chi connectivity index (χ1v) is 7.39. The maximum atomic E-state index is 6.17. The Labute approximate surface area is 119 Å². The monoisotopic (exact) mass is 281 g/mol. The molecule has 0 bridgehead atoms. The van der Waals surface area contributed by atoms with Crippen LogP contribution in [0.4, 0.5) is 0 Å². The lowest BCUT2D eigenvalue weighted by atomic mass is 10.0. The molecule has 1 aromatic rings. The van der Waals surface area contributed by atoms with Crippen molar-refractivity contribution >= 4 is 11.6 Å². The number of halogens is 1. The lowest BCUT2D eigenvalue weighted by Gasteiger charge is -2.28. The zero-order valence-electron chi connectivity index (χ0n) is 11.2. The van der Waals surface area contributed by atoms with Crippen molar-refractivity contribution in [1.82, 2.24) is 5.32 Å². The lowest BCUT2D eigenvalue weighted by molar-refractivity contribution is 0.0130. The number of benzene rings is 1. The second-order valence-electron chi connectivity index (χ2n) is 5.44. The Morgan fingerprint density at radius 1 is 1.37 bits per heavy atom. The van der Waals surface area contributed by atoms with Crippen molar-refractivity contribution in [3.05, 3.63) is 28.3 Å². The molecule has 104 valence electrons. The quantitative estimate of drug-likeness (QED) is 0.924. The summed E-state index contributed by atoms with van der Waals surface area (Å²) in [5, 5.41) is 4.41. The largest absolute Gasteiger partial charge is 0.493 e. The van der Waals surface area contributed by atoms with Gasteiger partial charge in [0.05, 0.1) is 12.7 Å². The molecule has 4 heteroatoms. The van der Waals surface area contributed by atoms with Crippen LogP contribution >= 0.6 is 11.6 Å². The molecule has 2 aliphatic heterocycles. The van der Waals surface area contributed by atoms with Gasteiger partial charge in [0.15, 0.2) is 0 Å². The van der Waals surface area contributed by atoms with Gasteiger partial charge in [-0.25, -0.2) is 0 Å². The van der Waals surface area contributed by atoms with Gasteiger partial charge in [0.25, 0.3) is 0 Å². The smallest absolute Gasteiger partial charge is 0.127 e. The van der Waals surface area contributed by atoms with Crippen LogP contribution in [0.5, 0.6) is 5.75 Å². The van der Waals surface area contributed by atoms with Crippen molar-refractivity contribution < 1.29 is 9.47 Å². The highest BCUT2D eigenvalue weighted by Crippen LogP contribution is 2.33. The minimum atomic E-state index is 0.354. The van der Waals surface area contributed by atoms with Crippen LogP contribution in [0, 0.1) is 0 Å². The molecule has 0 aliphatic carbocycles. The predicted molar refractivity (Wildman–Crippen MR) is 75.9 cm³/mol. The zero-order valence-corrected chi connectivity index (χ0v) is 12.0. The highest BCUT2D eigenvalue weighted by Gasteiger charge is 2.21. The molecule has 1 saturated heterocycles. The number of fused-ring (bicyclic) bond motifs is 1. The van der Waals surface area contributed by atoms with Crippen molar-refractivity contribution in [2.45, 2.75) is 44.9 Å². The Balaban J connectivity index is 1.67. The molecular formula is C15H20ClNO2. The molecule has 0 amide bonds. The fourth-order valence-corrected chi connectivity index (χ4v) is 3.18. The van der Waals surface area contributed by atoms with Gasteiger partial charge in [-0.2, -0.15) is 0 Å². The molecule has 2 aliphatic rings. The Kier molecular flexibility index (Phi) is 3.96. The molecule has 2 heterocycles. The first-order chi connectivity index (χ1) is 9.22. The Morgan fingerprint density at radius 2 is 2.26 bits per heavy atom. The summed E-state index contributed by atoms with van der Waals surface area (Å²) in [6.45, 7) is 4.58. The zero-order chi connectivity index (χ0) is 13.2. The van der Waals surface area contributed by atoms with E-state index in [2.05, 4.69) is 12.2 Å². The lowest BCUT2D eigenvalue weighted by Crippen LogP contribution is -2.37. The SMILES string of the molecule is C[C@@H]1C[C@@H](NCc2cc(Cl)cc3c2OCC3)CCO1. The molecule has 2 atom stereocenters. The molecule has 0 unspecified atom stereocenters. The molecule has 3 rings (SSSR count). The highest BCUT2D eigenvalue weighted by atomic mass is 35.5. The van der Waals surface area contributed by atoms with Crippen LogP contribution in [-0.2, 0) is 17.7 Å². The van der Waals surface area contributed by atoms with E-state index in [0.29, 0.717) is 12.1 Å². The van der Waals surface area contributed by atoms with Gasteiger partial charge in [-0.05, 0) is 37.5 Å². The summed E-state index contributed by atoms with van der Waals surface area (Å²) in [6, 6.07) is 4.56. The average molecular weight is 282 g/mol. The van der Waals surface area contributed by atoms with Gasteiger partial charge in [0.2, 0.25) is 0 Å². The third-order valence-corrected chi connectivity index (χ3v) is 4.11. The van der Waals surface area contributed by atoms with Crippen molar-refractivity contribution in [2.24, 2.45) is 0 Å². The maximum absolute atomic E-state index is 6.17. The van der Waals surface area contributed by atoms with Crippen LogP contribution < -0.4 is 10.1 Å². The molecular weight excluding hydrogens is 262 g/mol. The molecule has 19 heavy (non-hydrogen) atoms. The van der Waals surface area contributed by atoms with Gasteiger partial charge in [-0.1, -0.05) is 11.6 Å². The minimum Gasteiger partial charge on any atom is -0.493 e. The van der Waals surface area contributed by atoms with Gasteiger partial charge < -0.3 is 14.8 Å². The van der Waals surface area contributed by atoms with Gasteiger partial charge in [0, 0.05) is 36.2 Å². The van der Waals surface area contributed by atoms with Crippen LogP contribution in [0.25, 0.3) is 0 Å². The first-order valence-electron chi connectivity index (χ1n) is 7.01. The normalized spacial score (nSPS) is 26.0. The van der Waals surface area contributed by atoms with E-state index in [9.17, 15) is 0 Å². The second kappa shape index (κ2) is 5.70. The molecule has 0 aromatic heterocycles. The average Bonchev–Trinajstić information content (AvgIpc) is 2.84. The molecule has 3 nitrogen and oxygen atoms in total. The van der Waals surface area contributed by atoms with E-state index in [1.54, 1.807) is 0 Å². The number of hydrogen-bond donors (Lipinski definition) is 1. The third-order valence-electron chi connectivity index (χ3n) is 3.89. The Hall–Kier alpha value is -0.770. The van der Waals surface area contributed by atoms with Crippen molar-refractivity contribution in [3.63, 3.8) is 0 Å². The summed E-state index contributed by atoms with van der Waals surface area (Å²) in [5.41, 5.74) is 2.42. The van der Waals surface area contributed by atoms with Gasteiger partial charge in [0.1, 0.15) is 5.75 Å². The van der Waals surface area contributed by atoms with E-state index in [4.69, 9.17) is 21.1 Å². The molecule has 0 radical (unpaired) electrons. The van der Waals surface area contributed by atoms with Crippen molar-refractivity contribution in [3.8, 4) is 5.75 Å². The fraction of sp³-hybridized carbons (Fsp3) is 0.600.